The zero-order valence-electron chi connectivity index (χ0n) is 10.3. The summed E-state index contributed by atoms with van der Waals surface area (Å²) in [5.41, 5.74) is 7.42. The summed E-state index contributed by atoms with van der Waals surface area (Å²) in [5.74, 6) is -0.386. The van der Waals surface area contributed by atoms with Gasteiger partial charge in [0.2, 0.25) is 0 Å². The Morgan fingerprint density at radius 1 is 1.24 bits per heavy atom. The molecule has 0 bridgehead atoms. The first-order valence-electron chi connectivity index (χ1n) is 5.79. The summed E-state index contributed by atoms with van der Waals surface area (Å²) in [6.07, 6.45) is 0.782. The molecule has 2 N–H and O–H groups in total. The predicted octanol–water partition coefficient (Wildman–Crippen LogP) is 4.80. The number of benzene rings is 2. The number of nitrogen functional groups attached to an aromatic ring is 1. The van der Waals surface area contributed by atoms with Crippen LogP contribution in [-0.2, 0) is 6.42 Å². The number of rotatable bonds is 1. The highest BCUT2D eigenvalue weighted by Gasteiger charge is 2.09. The fourth-order valence-corrected chi connectivity index (χ4v) is 2.08. The molecule has 0 spiro atoms. The third-order valence-electron chi connectivity index (χ3n) is 2.49. The molecule has 0 unspecified atom stereocenters. The van der Waals surface area contributed by atoms with Crippen molar-refractivity contribution >= 4 is 28.1 Å². The number of fused-ring (bicyclic) bond motifs is 1. The average molecular weight is 254 g/mol. The van der Waals surface area contributed by atoms with Gasteiger partial charge >= 0.3 is 0 Å². The van der Waals surface area contributed by atoms with Gasteiger partial charge in [-0.15, -0.1) is 0 Å². The second kappa shape index (κ2) is 5.87. The summed E-state index contributed by atoms with van der Waals surface area (Å²) >= 11 is 5.95. The second-order valence-corrected chi connectivity index (χ2v) is 3.87. The van der Waals surface area contributed by atoms with E-state index in [1.54, 1.807) is 12.1 Å². The standard InChI is InChI=1S/C12H11ClFN.C2H6/c1-2-7-5-9(15)6-8-3-4-10(14)12(13)11(7)8;1-2/h3-6H,2,15H2,1H3;1-2H3. The molecule has 0 aromatic heterocycles. The Balaban J connectivity index is 0.000000686. The maximum Gasteiger partial charge on any atom is 0.142 e. The number of hydrogen-bond donors (Lipinski definition) is 1. The van der Waals surface area contributed by atoms with Crippen LogP contribution in [0, 0.1) is 5.82 Å². The van der Waals surface area contributed by atoms with Crippen molar-refractivity contribution in [2.45, 2.75) is 27.2 Å². The van der Waals surface area contributed by atoms with Gasteiger partial charge in [-0.3, -0.25) is 0 Å². The van der Waals surface area contributed by atoms with Crippen LogP contribution in [0.5, 0.6) is 0 Å². The van der Waals surface area contributed by atoms with Crippen molar-refractivity contribution in [2.75, 3.05) is 5.73 Å². The molecule has 92 valence electrons. The zero-order chi connectivity index (χ0) is 13.0. The summed E-state index contributed by atoms with van der Waals surface area (Å²) in [6, 6.07) is 6.71. The molecule has 0 heterocycles. The summed E-state index contributed by atoms with van der Waals surface area (Å²) in [5, 5.41) is 1.84. The highest BCUT2D eigenvalue weighted by atomic mass is 35.5. The minimum absolute atomic E-state index is 0.185. The van der Waals surface area contributed by atoms with Gasteiger partial charge in [0, 0.05) is 11.1 Å². The number of halogens is 2. The van der Waals surface area contributed by atoms with Crippen LogP contribution >= 0.6 is 11.6 Å². The van der Waals surface area contributed by atoms with Gasteiger partial charge in [0.25, 0.3) is 0 Å². The molecule has 0 amide bonds. The van der Waals surface area contributed by atoms with Gasteiger partial charge in [-0.1, -0.05) is 38.4 Å². The summed E-state index contributed by atoms with van der Waals surface area (Å²) in [7, 11) is 0. The van der Waals surface area contributed by atoms with Gasteiger partial charge in [0.1, 0.15) is 5.82 Å². The Hall–Kier alpha value is -1.28. The zero-order valence-corrected chi connectivity index (χ0v) is 11.1. The molecule has 3 heteroatoms. The first kappa shape index (κ1) is 13.8. The van der Waals surface area contributed by atoms with E-state index in [9.17, 15) is 4.39 Å². The largest absolute Gasteiger partial charge is 0.399 e. The van der Waals surface area contributed by atoms with E-state index >= 15 is 0 Å². The topological polar surface area (TPSA) is 26.0 Å². The predicted molar refractivity (Wildman–Crippen MR) is 74.1 cm³/mol. The molecule has 0 aliphatic rings. The average Bonchev–Trinajstić information content (AvgIpc) is 2.35. The lowest BCUT2D eigenvalue weighted by Gasteiger charge is -2.08. The lowest BCUT2D eigenvalue weighted by Crippen LogP contribution is -1.92. The Morgan fingerprint density at radius 2 is 1.88 bits per heavy atom. The van der Waals surface area contributed by atoms with Crippen LogP contribution in [0.25, 0.3) is 10.8 Å². The second-order valence-electron chi connectivity index (χ2n) is 3.49. The van der Waals surface area contributed by atoms with Gasteiger partial charge in [-0.05, 0) is 35.6 Å². The Morgan fingerprint density at radius 3 is 2.47 bits per heavy atom. The molecule has 0 fully saturated rings. The highest BCUT2D eigenvalue weighted by molar-refractivity contribution is 6.36. The lowest BCUT2D eigenvalue weighted by molar-refractivity contribution is 0.630. The smallest absolute Gasteiger partial charge is 0.142 e. The van der Waals surface area contributed by atoms with Crippen molar-refractivity contribution < 1.29 is 4.39 Å². The molecule has 0 radical (unpaired) electrons. The van der Waals surface area contributed by atoms with Crippen LogP contribution in [0.2, 0.25) is 5.02 Å². The number of aryl methyl sites for hydroxylation is 1. The normalized spacial score (nSPS) is 9.94. The van der Waals surface area contributed by atoms with Gasteiger partial charge < -0.3 is 5.73 Å². The molecule has 2 aromatic rings. The summed E-state index contributed by atoms with van der Waals surface area (Å²) in [6.45, 7) is 6.00. The summed E-state index contributed by atoms with van der Waals surface area (Å²) < 4.78 is 13.3. The van der Waals surface area contributed by atoms with Crippen molar-refractivity contribution in [1.82, 2.24) is 0 Å². The third kappa shape index (κ3) is 2.70. The fraction of sp³-hybridized carbons (Fsp3) is 0.286. The van der Waals surface area contributed by atoms with Crippen LogP contribution in [0.15, 0.2) is 24.3 Å². The maximum atomic E-state index is 13.3. The van der Waals surface area contributed by atoms with Crippen molar-refractivity contribution in [1.29, 1.82) is 0 Å². The van der Waals surface area contributed by atoms with Crippen molar-refractivity contribution in [2.24, 2.45) is 0 Å². The van der Waals surface area contributed by atoms with E-state index in [1.807, 2.05) is 26.8 Å². The van der Waals surface area contributed by atoms with Crippen LogP contribution < -0.4 is 5.73 Å². The quantitative estimate of drug-likeness (QED) is 0.726. The minimum atomic E-state index is -0.386. The Kier molecular flexibility index (Phi) is 4.76. The Bertz CT molecular complexity index is 523. The molecular weight excluding hydrogens is 237 g/mol. The van der Waals surface area contributed by atoms with Crippen molar-refractivity contribution in [3.05, 3.63) is 40.7 Å². The lowest BCUT2D eigenvalue weighted by atomic mass is 10.0. The molecule has 0 atom stereocenters. The highest BCUT2D eigenvalue weighted by Crippen LogP contribution is 2.31. The van der Waals surface area contributed by atoms with E-state index in [4.69, 9.17) is 17.3 Å². The van der Waals surface area contributed by atoms with Gasteiger partial charge in [0.05, 0.1) is 5.02 Å². The summed E-state index contributed by atoms with van der Waals surface area (Å²) in [4.78, 5) is 0. The maximum absolute atomic E-state index is 13.3. The number of anilines is 1. The SMILES string of the molecule is CC.CCc1cc(N)cc2ccc(F)c(Cl)c12. The van der Waals surface area contributed by atoms with E-state index in [0.717, 1.165) is 22.8 Å². The Labute approximate surface area is 106 Å². The first-order valence-corrected chi connectivity index (χ1v) is 6.17. The molecule has 2 rings (SSSR count). The van der Waals surface area contributed by atoms with Gasteiger partial charge in [-0.2, -0.15) is 0 Å². The number of nitrogens with two attached hydrogens (primary N) is 1. The van der Waals surface area contributed by atoms with E-state index < -0.39 is 0 Å². The first-order chi connectivity index (χ1) is 8.13. The van der Waals surface area contributed by atoms with Gasteiger partial charge in [0.15, 0.2) is 0 Å². The monoisotopic (exact) mass is 253 g/mol. The van der Waals surface area contributed by atoms with E-state index in [0.29, 0.717) is 5.69 Å². The van der Waals surface area contributed by atoms with E-state index in [1.165, 1.54) is 6.07 Å². The minimum Gasteiger partial charge on any atom is -0.399 e. The van der Waals surface area contributed by atoms with Crippen LogP contribution in [-0.4, -0.2) is 0 Å². The molecule has 0 aliphatic heterocycles. The molecule has 0 saturated carbocycles. The molecule has 1 nitrogen and oxygen atoms in total. The molecule has 2 aromatic carbocycles. The van der Waals surface area contributed by atoms with E-state index in [-0.39, 0.29) is 10.8 Å². The molecule has 0 aliphatic carbocycles. The van der Waals surface area contributed by atoms with Crippen molar-refractivity contribution in [3.8, 4) is 0 Å². The third-order valence-corrected chi connectivity index (χ3v) is 2.86. The number of hydrogen-bond acceptors (Lipinski definition) is 1. The van der Waals surface area contributed by atoms with Crippen LogP contribution in [0.3, 0.4) is 0 Å². The fourth-order valence-electron chi connectivity index (χ4n) is 1.79. The van der Waals surface area contributed by atoms with E-state index in [2.05, 4.69) is 0 Å². The molecule has 17 heavy (non-hydrogen) atoms. The molecular formula is C14H17ClFN. The van der Waals surface area contributed by atoms with Crippen molar-refractivity contribution in [3.63, 3.8) is 0 Å². The van der Waals surface area contributed by atoms with Gasteiger partial charge in [-0.25, -0.2) is 4.39 Å². The molecule has 0 saturated heterocycles. The van der Waals surface area contributed by atoms with Crippen LogP contribution in [0.4, 0.5) is 10.1 Å². The van der Waals surface area contributed by atoms with Crippen LogP contribution in [0.1, 0.15) is 26.3 Å².